The number of rotatable bonds is 3. The molecule has 2 fully saturated rings. The number of nitrogens with one attached hydrogen (secondary N) is 1. The van der Waals surface area contributed by atoms with Crippen LogP contribution in [-0.4, -0.2) is 50.3 Å². The van der Waals surface area contributed by atoms with Crippen LogP contribution in [0.4, 0.5) is 0 Å². The highest BCUT2D eigenvalue weighted by molar-refractivity contribution is 4.87. The molecule has 0 aromatic rings. The Balaban J connectivity index is 1.88. The van der Waals surface area contributed by atoms with E-state index in [4.69, 9.17) is 4.74 Å². The summed E-state index contributed by atoms with van der Waals surface area (Å²) < 4.78 is 5.83. The summed E-state index contributed by atoms with van der Waals surface area (Å²) in [6.07, 6.45) is 5.91. The van der Waals surface area contributed by atoms with Crippen molar-refractivity contribution in [1.82, 2.24) is 10.2 Å². The molecule has 82 valence electrons. The van der Waals surface area contributed by atoms with Crippen LogP contribution in [0.1, 0.15) is 25.7 Å². The first-order valence-electron chi connectivity index (χ1n) is 5.92. The second kappa shape index (κ2) is 5.10. The van der Waals surface area contributed by atoms with Crippen LogP contribution in [0, 0.1) is 0 Å². The molecule has 0 aromatic carbocycles. The fourth-order valence-corrected chi connectivity index (χ4v) is 2.71. The van der Waals surface area contributed by atoms with E-state index in [-0.39, 0.29) is 0 Å². The maximum Gasteiger partial charge on any atom is 0.0730 e. The molecule has 0 radical (unpaired) electrons. The molecule has 1 heterocycles. The predicted octanol–water partition coefficient (Wildman–Crippen LogP) is 0.849. The molecular weight excluding hydrogens is 176 g/mol. The van der Waals surface area contributed by atoms with Gasteiger partial charge in [0.15, 0.2) is 0 Å². The molecule has 1 N–H and O–H groups in total. The van der Waals surface area contributed by atoms with E-state index in [9.17, 15) is 0 Å². The van der Waals surface area contributed by atoms with Gasteiger partial charge in [-0.15, -0.1) is 0 Å². The third-order valence-corrected chi connectivity index (χ3v) is 3.50. The van der Waals surface area contributed by atoms with E-state index >= 15 is 0 Å². The molecule has 3 nitrogen and oxygen atoms in total. The number of nitrogens with zero attached hydrogens (tertiary/aromatic N) is 1. The van der Waals surface area contributed by atoms with Crippen LogP contribution in [0.25, 0.3) is 0 Å². The summed E-state index contributed by atoms with van der Waals surface area (Å²) in [5, 5.41) is 3.23. The van der Waals surface area contributed by atoms with Gasteiger partial charge in [0.05, 0.1) is 12.7 Å². The molecule has 1 saturated heterocycles. The molecule has 1 saturated carbocycles. The third-order valence-electron chi connectivity index (χ3n) is 3.50. The van der Waals surface area contributed by atoms with Gasteiger partial charge in [0.2, 0.25) is 0 Å². The Morgan fingerprint density at radius 3 is 3.07 bits per heavy atom. The molecule has 14 heavy (non-hydrogen) atoms. The molecule has 0 bridgehead atoms. The van der Waals surface area contributed by atoms with Gasteiger partial charge in [-0.3, -0.25) is 4.90 Å². The topological polar surface area (TPSA) is 24.5 Å². The zero-order valence-electron chi connectivity index (χ0n) is 9.17. The van der Waals surface area contributed by atoms with E-state index in [0.717, 1.165) is 19.7 Å². The van der Waals surface area contributed by atoms with Crippen molar-refractivity contribution in [2.45, 2.75) is 37.8 Å². The van der Waals surface area contributed by atoms with Gasteiger partial charge in [-0.2, -0.15) is 0 Å². The van der Waals surface area contributed by atoms with E-state index < -0.39 is 0 Å². The van der Waals surface area contributed by atoms with Crippen molar-refractivity contribution in [2.75, 3.05) is 33.3 Å². The molecule has 0 aromatic heterocycles. The quantitative estimate of drug-likeness (QED) is 0.727. The fraction of sp³-hybridized carbons (Fsp3) is 1.00. The minimum Gasteiger partial charge on any atom is -0.375 e. The van der Waals surface area contributed by atoms with Crippen molar-refractivity contribution in [3.63, 3.8) is 0 Å². The van der Waals surface area contributed by atoms with Crippen LogP contribution in [0.15, 0.2) is 0 Å². The van der Waals surface area contributed by atoms with Gasteiger partial charge >= 0.3 is 0 Å². The molecule has 1 aliphatic heterocycles. The molecule has 0 spiro atoms. The summed E-state index contributed by atoms with van der Waals surface area (Å²) in [6.45, 7) is 4.35. The van der Waals surface area contributed by atoms with Gasteiger partial charge in [-0.05, 0) is 19.9 Å². The van der Waals surface area contributed by atoms with Gasteiger partial charge in [0, 0.05) is 25.7 Å². The van der Waals surface area contributed by atoms with E-state index in [2.05, 4.69) is 10.2 Å². The van der Waals surface area contributed by atoms with Crippen LogP contribution < -0.4 is 5.32 Å². The van der Waals surface area contributed by atoms with E-state index in [0.29, 0.717) is 12.1 Å². The molecule has 2 unspecified atom stereocenters. The standard InChI is InChI=1S/C11H22N2O/c1-12-6-7-13-8-9-14-11-5-3-2-4-10(11)13/h10-12H,2-9H2,1H3. The van der Waals surface area contributed by atoms with Crippen molar-refractivity contribution < 1.29 is 4.74 Å². The average molecular weight is 198 g/mol. The summed E-state index contributed by atoms with van der Waals surface area (Å²) in [4.78, 5) is 2.61. The fourth-order valence-electron chi connectivity index (χ4n) is 2.71. The Kier molecular flexibility index (Phi) is 3.79. The van der Waals surface area contributed by atoms with E-state index in [1.807, 2.05) is 7.05 Å². The van der Waals surface area contributed by atoms with Gasteiger partial charge in [-0.25, -0.2) is 0 Å². The van der Waals surface area contributed by atoms with E-state index in [1.165, 1.54) is 32.2 Å². The van der Waals surface area contributed by atoms with Crippen LogP contribution in [-0.2, 0) is 4.74 Å². The lowest BCUT2D eigenvalue weighted by Gasteiger charge is -2.43. The second-order valence-corrected chi connectivity index (χ2v) is 4.40. The van der Waals surface area contributed by atoms with Crippen LogP contribution in [0.2, 0.25) is 0 Å². The van der Waals surface area contributed by atoms with Gasteiger partial charge < -0.3 is 10.1 Å². The Morgan fingerprint density at radius 2 is 2.21 bits per heavy atom. The predicted molar refractivity (Wildman–Crippen MR) is 57.5 cm³/mol. The first-order chi connectivity index (χ1) is 6.92. The highest BCUT2D eigenvalue weighted by Gasteiger charge is 2.33. The number of fused-ring (bicyclic) bond motifs is 1. The zero-order valence-corrected chi connectivity index (χ0v) is 9.17. The monoisotopic (exact) mass is 198 g/mol. The SMILES string of the molecule is CNCCN1CCOC2CCCCC21. The van der Waals surface area contributed by atoms with Crippen molar-refractivity contribution >= 4 is 0 Å². The highest BCUT2D eigenvalue weighted by Crippen LogP contribution is 2.27. The van der Waals surface area contributed by atoms with Crippen molar-refractivity contribution in [1.29, 1.82) is 0 Å². The van der Waals surface area contributed by atoms with Crippen molar-refractivity contribution in [2.24, 2.45) is 0 Å². The molecule has 3 heteroatoms. The third kappa shape index (κ3) is 2.27. The Morgan fingerprint density at radius 1 is 1.36 bits per heavy atom. The van der Waals surface area contributed by atoms with Crippen molar-refractivity contribution in [3.8, 4) is 0 Å². The van der Waals surface area contributed by atoms with Gasteiger partial charge in [-0.1, -0.05) is 12.8 Å². The number of morpholine rings is 1. The van der Waals surface area contributed by atoms with Crippen LogP contribution in [0.3, 0.4) is 0 Å². The summed E-state index contributed by atoms with van der Waals surface area (Å²) in [6, 6.07) is 0.714. The zero-order chi connectivity index (χ0) is 9.80. The number of ether oxygens (including phenoxy) is 1. The lowest BCUT2D eigenvalue weighted by molar-refractivity contribution is -0.0872. The second-order valence-electron chi connectivity index (χ2n) is 4.40. The summed E-state index contributed by atoms with van der Waals surface area (Å²) in [5.41, 5.74) is 0. The molecule has 0 amide bonds. The number of likely N-dealkylation sites (N-methyl/N-ethyl adjacent to an activating group) is 1. The molecule has 2 atom stereocenters. The number of hydrogen-bond donors (Lipinski definition) is 1. The average Bonchev–Trinajstić information content (AvgIpc) is 2.26. The summed E-state index contributed by atoms with van der Waals surface area (Å²) in [5.74, 6) is 0. The molecular formula is C11H22N2O. The van der Waals surface area contributed by atoms with Crippen molar-refractivity contribution in [3.05, 3.63) is 0 Å². The highest BCUT2D eigenvalue weighted by atomic mass is 16.5. The first-order valence-corrected chi connectivity index (χ1v) is 5.92. The van der Waals surface area contributed by atoms with Gasteiger partial charge in [0.1, 0.15) is 0 Å². The minimum absolute atomic E-state index is 0.536. The summed E-state index contributed by atoms with van der Waals surface area (Å²) >= 11 is 0. The Labute approximate surface area is 86.8 Å². The number of hydrogen-bond acceptors (Lipinski definition) is 3. The molecule has 2 aliphatic rings. The normalized spacial score (nSPS) is 34.1. The maximum atomic E-state index is 5.83. The van der Waals surface area contributed by atoms with Crippen LogP contribution in [0.5, 0.6) is 0 Å². The van der Waals surface area contributed by atoms with E-state index in [1.54, 1.807) is 0 Å². The first kappa shape index (κ1) is 10.4. The Hall–Kier alpha value is -0.120. The lowest BCUT2D eigenvalue weighted by atomic mass is 9.90. The minimum atomic E-state index is 0.536. The summed E-state index contributed by atoms with van der Waals surface area (Å²) in [7, 11) is 2.03. The maximum absolute atomic E-state index is 5.83. The smallest absolute Gasteiger partial charge is 0.0730 e. The Bertz CT molecular complexity index is 173. The molecule has 2 rings (SSSR count). The largest absolute Gasteiger partial charge is 0.375 e. The van der Waals surface area contributed by atoms with Crippen LogP contribution >= 0.6 is 0 Å². The molecule has 1 aliphatic carbocycles. The van der Waals surface area contributed by atoms with Gasteiger partial charge in [0.25, 0.3) is 0 Å². The lowest BCUT2D eigenvalue weighted by Crippen LogP contribution is -2.53.